The van der Waals surface area contributed by atoms with Crippen molar-refractivity contribution in [3.63, 3.8) is 0 Å². The average molecular weight is 224 g/mol. The maximum atomic E-state index is 10.8. The number of carboxylic acid groups (broad SMARTS) is 1. The van der Waals surface area contributed by atoms with Gasteiger partial charge in [0.25, 0.3) is 0 Å². The molecule has 1 aromatic heterocycles. The molecule has 1 aromatic rings. The van der Waals surface area contributed by atoms with Crippen LogP contribution in [-0.4, -0.2) is 17.1 Å². The number of hydrogen-bond donors (Lipinski definition) is 2. The first kappa shape index (κ1) is 11.7. The van der Waals surface area contributed by atoms with Crippen molar-refractivity contribution in [3.05, 3.63) is 21.9 Å². The van der Waals surface area contributed by atoms with Gasteiger partial charge in [-0.25, -0.2) is 0 Å². The summed E-state index contributed by atoms with van der Waals surface area (Å²) in [6.45, 7) is 3.53. The fourth-order valence-corrected chi connectivity index (χ4v) is 2.20. The van der Waals surface area contributed by atoms with Crippen LogP contribution < -0.4 is 5.73 Å². The van der Waals surface area contributed by atoms with E-state index < -0.39 is 17.4 Å². The van der Waals surface area contributed by atoms with Gasteiger partial charge in [-0.05, 0) is 6.07 Å². The second kappa shape index (κ2) is 4.01. The molecule has 0 fully saturated rings. The van der Waals surface area contributed by atoms with Gasteiger partial charge in [-0.3, -0.25) is 4.79 Å². The lowest BCUT2D eigenvalue weighted by Gasteiger charge is -2.27. The van der Waals surface area contributed by atoms with E-state index in [1.54, 1.807) is 25.3 Å². The highest BCUT2D eigenvalue weighted by atomic mass is 32.1. The first-order chi connectivity index (χ1) is 6.89. The molecule has 4 nitrogen and oxygen atoms in total. The Hall–Kier alpha value is -1.38. The highest BCUT2D eigenvalue weighted by Crippen LogP contribution is 2.31. The summed E-state index contributed by atoms with van der Waals surface area (Å²) >= 11 is 1.36. The van der Waals surface area contributed by atoms with Gasteiger partial charge in [0.05, 0.1) is 5.56 Å². The average Bonchev–Trinajstić information content (AvgIpc) is 2.65. The van der Waals surface area contributed by atoms with E-state index in [1.165, 1.54) is 11.3 Å². The van der Waals surface area contributed by atoms with E-state index in [2.05, 4.69) is 0 Å². The minimum atomic E-state index is -1.04. The number of rotatable bonds is 3. The van der Waals surface area contributed by atoms with Crippen LogP contribution in [0.5, 0.6) is 0 Å². The van der Waals surface area contributed by atoms with Crippen molar-refractivity contribution < 1.29 is 9.90 Å². The Morgan fingerprint density at radius 3 is 2.73 bits per heavy atom. The molecule has 1 unspecified atom stereocenters. The molecule has 3 N–H and O–H groups in total. The van der Waals surface area contributed by atoms with Crippen molar-refractivity contribution in [2.45, 2.75) is 25.3 Å². The Labute approximate surface area is 91.9 Å². The van der Waals surface area contributed by atoms with E-state index in [-0.39, 0.29) is 0 Å². The van der Waals surface area contributed by atoms with Crippen LogP contribution in [0.15, 0.2) is 11.4 Å². The number of nitrogens with zero attached hydrogens (tertiary/aromatic N) is 1. The van der Waals surface area contributed by atoms with E-state index in [0.29, 0.717) is 5.56 Å². The summed E-state index contributed by atoms with van der Waals surface area (Å²) in [5.41, 5.74) is 5.48. The van der Waals surface area contributed by atoms with E-state index >= 15 is 0 Å². The van der Waals surface area contributed by atoms with E-state index in [0.717, 1.165) is 4.88 Å². The van der Waals surface area contributed by atoms with Crippen LogP contribution in [0.25, 0.3) is 0 Å². The maximum absolute atomic E-state index is 10.8. The molecule has 1 rings (SSSR count). The van der Waals surface area contributed by atoms with Crippen LogP contribution in [0.3, 0.4) is 0 Å². The van der Waals surface area contributed by atoms with Gasteiger partial charge < -0.3 is 10.8 Å². The molecule has 0 radical (unpaired) electrons. The molecule has 15 heavy (non-hydrogen) atoms. The zero-order valence-corrected chi connectivity index (χ0v) is 9.34. The highest BCUT2D eigenvalue weighted by Gasteiger charge is 2.34. The van der Waals surface area contributed by atoms with Crippen molar-refractivity contribution in [3.8, 4) is 6.07 Å². The molecule has 1 heterocycles. The van der Waals surface area contributed by atoms with Crippen LogP contribution >= 0.6 is 11.3 Å². The predicted molar refractivity (Wildman–Crippen MR) is 57.7 cm³/mol. The lowest BCUT2D eigenvalue weighted by atomic mass is 9.83. The standard InChI is InChI=1S/C10H12N2O2S/c1-10(2,8(12)9(13)14)7-3-6(4-11)5-15-7/h3,5,8H,12H2,1-2H3,(H,13,14). The molecule has 1 atom stereocenters. The molecule has 0 aliphatic carbocycles. The van der Waals surface area contributed by atoms with E-state index in [4.69, 9.17) is 16.1 Å². The molecule has 0 amide bonds. The largest absolute Gasteiger partial charge is 0.480 e. The molecular weight excluding hydrogens is 212 g/mol. The second-order valence-electron chi connectivity index (χ2n) is 3.85. The van der Waals surface area contributed by atoms with Crippen LogP contribution in [0.4, 0.5) is 0 Å². The topological polar surface area (TPSA) is 87.1 Å². The third-order valence-electron chi connectivity index (χ3n) is 2.41. The second-order valence-corrected chi connectivity index (χ2v) is 4.76. The van der Waals surface area contributed by atoms with Crippen LogP contribution in [0.2, 0.25) is 0 Å². The molecule has 80 valence electrons. The molecule has 0 bridgehead atoms. The molecule has 0 saturated heterocycles. The molecule has 0 aliphatic rings. The number of nitriles is 1. The summed E-state index contributed by atoms with van der Waals surface area (Å²) < 4.78 is 0. The Bertz CT molecular complexity index is 417. The monoisotopic (exact) mass is 224 g/mol. The summed E-state index contributed by atoms with van der Waals surface area (Å²) in [6, 6.07) is 2.73. The summed E-state index contributed by atoms with van der Waals surface area (Å²) in [6.07, 6.45) is 0. The summed E-state index contributed by atoms with van der Waals surface area (Å²) in [5, 5.41) is 19.2. The third-order valence-corrected chi connectivity index (χ3v) is 3.68. The van der Waals surface area contributed by atoms with Gasteiger partial charge in [-0.1, -0.05) is 13.8 Å². The molecule has 0 aliphatic heterocycles. The van der Waals surface area contributed by atoms with Crippen LogP contribution in [-0.2, 0) is 10.2 Å². The molecule has 0 spiro atoms. The van der Waals surface area contributed by atoms with Crippen LogP contribution in [0.1, 0.15) is 24.3 Å². The van der Waals surface area contributed by atoms with Gasteiger partial charge in [-0.15, -0.1) is 11.3 Å². The van der Waals surface area contributed by atoms with Gasteiger partial charge in [0.15, 0.2) is 0 Å². The number of hydrogen-bond acceptors (Lipinski definition) is 4. The van der Waals surface area contributed by atoms with Gasteiger partial charge >= 0.3 is 5.97 Å². The minimum Gasteiger partial charge on any atom is -0.480 e. The predicted octanol–water partition coefficient (Wildman–Crippen LogP) is 1.31. The first-order valence-corrected chi connectivity index (χ1v) is 5.25. The lowest BCUT2D eigenvalue weighted by Crippen LogP contribution is -2.46. The molecule has 0 saturated carbocycles. The third kappa shape index (κ3) is 2.17. The maximum Gasteiger partial charge on any atom is 0.321 e. The summed E-state index contributed by atoms with van der Waals surface area (Å²) in [7, 11) is 0. The molecule has 0 aromatic carbocycles. The van der Waals surface area contributed by atoms with Gasteiger partial charge in [0.2, 0.25) is 0 Å². The zero-order chi connectivity index (χ0) is 11.6. The van der Waals surface area contributed by atoms with E-state index in [1.807, 2.05) is 6.07 Å². The lowest BCUT2D eigenvalue weighted by molar-refractivity contribution is -0.140. The fraction of sp³-hybridized carbons (Fsp3) is 0.400. The summed E-state index contributed by atoms with van der Waals surface area (Å²) in [4.78, 5) is 11.6. The van der Waals surface area contributed by atoms with Gasteiger partial charge in [0, 0.05) is 15.7 Å². The normalized spacial score (nSPS) is 13.2. The Balaban J connectivity index is 3.05. The van der Waals surface area contributed by atoms with Crippen molar-refractivity contribution >= 4 is 17.3 Å². The van der Waals surface area contributed by atoms with Crippen molar-refractivity contribution in [1.82, 2.24) is 0 Å². The Kier molecular flexibility index (Phi) is 3.12. The van der Waals surface area contributed by atoms with Crippen molar-refractivity contribution in [2.24, 2.45) is 5.73 Å². The smallest absolute Gasteiger partial charge is 0.321 e. The van der Waals surface area contributed by atoms with Crippen molar-refractivity contribution in [1.29, 1.82) is 5.26 Å². The van der Waals surface area contributed by atoms with E-state index in [9.17, 15) is 4.79 Å². The summed E-state index contributed by atoms with van der Waals surface area (Å²) in [5.74, 6) is -1.04. The number of aliphatic carboxylic acids is 1. The number of carbonyl (C=O) groups is 1. The first-order valence-electron chi connectivity index (χ1n) is 4.37. The number of carboxylic acids is 1. The van der Waals surface area contributed by atoms with Crippen LogP contribution in [0, 0.1) is 11.3 Å². The SMILES string of the molecule is CC(C)(c1cc(C#N)cs1)C(N)C(=O)O. The quantitative estimate of drug-likeness (QED) is 0.810. The molecular formula is C10H12N2O2S. The Morgan fingerprint density at radius 1 is 1.73 bits per heavy atom. The van der Waals surface area contributed by atoms with Gasteiger partial charge in [-0.2, -0.15) is 5.26 Å². The zero-order valence-electron chi connectivity index (χ0n) is 8.52. The minimum absolute atomic E-state index is 0.542. The fourth-order valence-electron chi connectivity index (χ4n) is 1.19. The number of nitrogens with two attached hydrogens (primary N) is 1. The van der Waals surface area contributed by atoms with Gasteiger partial charge in [0.1, 0.15) is 12.1 Å². The highest BCUT2D eigenvalue weighted by molar-refractivity contribution is 7.10. The van der Waals surface area contributed by atoms with Crippen molar-refractivity contribution in [2.75, 3.05) is 0 Å². The number of thiophene rings is 1. The Morgan fingerprint density at radius 2 is 2.33 bits per heavy atom. The molecule has 5 heteroatoms.